The summed E-state index contributed by atoms with van der Waals surface area (Å²) in [4.78, 5) is 0. The van der Waals surface area contributed by atoms with E-state index in [0.717, 1.165) is 0 Å². The predicted molar refractivity (Wildman–Crippen MR) is 72.0 cm³/mol. The summed E-state index contributed by atoms with van der Waals surface area (Å²) in [5.41, 5.74) is 0. The van der Waals surface area contributed by atoms with Crippen LogP contribution in [0.2, 0.25) is 0 Å². The molecule has 6 N–H and O–H groups in total. The molecule has 0 radical (unpaired) electrons. The van der Waals surface area contributed by atoms with E-state index in [1.54, 1.807) is 6.92 Å². The van der Waals surface area contributed by atoms with Gasteiger partial charge in [-0.2, -0.15) is 0 Å². The maximum Gasteiger partial charge on any atom is 0.187 e. The highest BCUT2D eigenvalue weighted by Crippen LogP contribution is 2.29. The Morgan fingerprint density at radius 3 is 2.00 bits per heavy atom. The van der Waals surface area contributed by atoms with E-state index in [0.29, 0.717) is 0 Å². The second kappa shape index (κ2) is 7.66. The van der Waals surface area contributed by atoms with Crippen molar-refractivity contribution in [2.45, 2.75) is 68.3 Å². The standard InChI is InChI=1S/C13H24O10/c1-4-11(8(17)10(19)12(20-2)21-4)23-13-9(18)7(16)6(15)5(3-14)22-13/h4-19H,3H2,1-2H3/t4-,5+,6+,7-,8-,9+,10+,11-,12+,13+/m0/s1. The predicted octanol–water partition coefficient (Wildman–Crippen LogP) is -3.72. The fourth-order valence-corrected chi connectivity index (χ4v) is 2.72. The summed E-state index contributed by atoms with van der Waals surface area (Å²) in [6.07, 6.45) is -12.9. The molecule has 2 aliphatic rings. The normalized spacial score (nSPS) is 51.7. The lowest BCUT2D eigenvalue weighted by atomic mass is 9.97. The van der Waals surface area contributed by atoms with E-state index in [1.807, 2.05) is 0 Å². The van der Waals surface area contributed by atoms with Gasteiger partial charge in [0.15, 0.2) is 12.6 Å². The summed E-state index contributed by atoms with van der Waals surface area (Å²) in [5.74, 6) is 0. The fraction of sp³-hybridized carbons (Fsp3) is 1.00. The average Bonchev–Trinajstić information content (AvgIpc) is 2.54. The molecular weight excluding hydrogens is 316 g/mol. The lowest BCUT2D eigenvalue weighted by Crippen LogP contribution is -2.63. The van der Waals surface area contributed by atoms with Crippen molar-refractivity contribution in [3.05, 3.63) is 0 Å². The van der Waals surface area contributed by atoms with E-state index in [9.17, 15) is 25.5 Å². The summed E-state index contributed by atoms with van der Waals surface area (Å²) in [6.45, 7) is 0.967. The Hall–Kier alpha value is -0.400. The van der Waals surface area contributed by atoms with Crippen LogP contribution in [-0.2, 0) is 18.9 Å². The molecule has 0 aromatic rings. The van der Waals surface area contributed by atoms with Crippen LogP contribution in [0.15, 0.2) is 0 Å². The van der Waals surface area contributed by atoms with Gasteiger partial charge in [0.05, 0.1) is 12.7 Å². The van der Waals surface area contributed by atoms with Crippen molar-refractivity contribution in [1.82, 2.24) is 0 Å². The molecule has 0 spiro atoms. The number of aliphatic hydroxyl groups excluding tert-OH is 6. The largest absolute Gasteiger partial charge is 0.394 e. The van der Waals surface area contributed by atoms with Crippen LogP contribution in [0.25, 0.3) is 0 Å². The Morgan fingerprint density at radius 2 is 1.43 bits per heavy atom. The first-order valence-electron chi connectivity index (χ1n) is 7.32. The highest BCUT2D eigenvalue weighted by atomic mass is 16.7. The zero-order valence-corrected chi connectivity index (χ0v) is 12.8. The molecule has 0 aromatic carbocycles. The second-order valence-corrected chi connectivity index (χ2v) is 5.72. The first kappa shape index (κ1) is 18.9. The van der Waals surface area contributed by atoms with Gasteiger partial charge in [0.1, 0.15) is 42.7 Å². The van der Waals surface area contributed by atoms with Gasteiger partial charge < -0.3 is 49.6 Å². The monoisotopic (exact) mass is 340 g/mol. The highest BCUT2D eigenvalue weighted by Gasteiger charge is 2.49. The van der Waals surface area contributed by atoms with E-state index in [2.05, 4.69) is 0 Å². The zero-order chi connectivity index (χ0) is 17.3. The van der Waals surface area contributed by atoms with Gasteiger partial charge in [0, 0.05) is 7.11 Å². The molecule has 0 saturated carbocycles. The molecule has 2 rings (SSSR count). The molecular formula is C13H24O10. The molecule has 2 aliphatic heterocycles. The summed E-state index contributed by atoms with van der Waals surface area (Å²) < 4.78 is 20.9. The maximum atomic E-state index is 10.1. The molecule has 0 aliphatic carbocycles. The van der Waals surface area contributed by atoms with Crippen molar-refractivity contribution in [3.63, 3.8) is 0 Å². The third-order valence-electron chi connectivity index (χ3n) is 4.15. The smallest absolute Gasteiger partial charge is 0.187 e. The van der Waals surface area contributed by atoms with Crippen molar-refractivity contribution < 1.29 is 49.6 Å². The first-order valence-corrected chi connectivity index (χ1v) is 7.32. The molecule has 0 amide bonds. The molecule has 2 heterocycles. The Balaban J connectivity index is 2.08. The SMILES string of the molecule is CO[C@@H]1O[C@@H](C)[C@H](O[C@H]2O[C@H](CO)[C@@H](O)[C@H](O)[C@H]2O)[C@@H](O)[C@H]1O. The van der Waals surface area contributed by atoms with E-state index < -0.39 is 68.0 Å². The molecule has 10 heteroatoms. The molecule has 10 nitrogen and oxygen atoms in total. The molecule has 0 unspecified atom stereocenters. The van der Waals surface area contributed by atoms with Gasteiger partial charge in [-0.1, -0.05) is 0 Å². The van der Waals surface area contributed by atoms with Crippen LogP contribution >= 0.6 is 0 Å². The van der Waals surface area contributed by atoms with Gasteiger partial charge in [-0.3, -0.25) is 0 Å². The molecule has 0 bridgehead atoms. The highest BCUT2D eigenvalue weighted by molar-refractivity contribution is 4.93. The maximum absolute atomic E-state index is 10.1. The third-order valence-corrected chi connectivity index (χ3v) is 4.15. The Labute approximate surface area is 132 Å². The Morgan fingerprint density at radius 1 is 0.826 bits per heavy atom. The number of aliphatic hydroxyl groups is 6. The number of methoxy groups -OCH3 is 1. The zero-order valence-electron chi connectivity index (χ0n) is 12.8. The lowest BCUT2D eigenvalue weighted by Gasteiger charge is -2.45. The third kappa shape index (κ3) is 3.66. The molecule has 10 atom stereocenters. The van der Waals surface area contributed by atoms with Crippen molar-refractivity contribution in [1.29, 1.82) is 0 Å². The molecule has 2 saturated heterocycles. The summed E-state index contributed by atoms with van der Waals surface area (Å²) in [7, 11) is 1.31. The van der Waals surface area contributed by atoms with Crippen LogP contribution in [0.1, 0.15) is 6.92 Å². The molecule has 2 fully saturated rings. The minimum atomic E-state index is -1.61. The summed E-state index contributed by atoms with van der Waals surface area (Å²) >= 11 is 0. The number of hydrogen-bond acceptors (Lipinski definition) is 10. The van der Waals surface area contributed by atoms with Gasteiger partial charge in [-0.05, 0) is 6.92 Å². The lowest BCUT2D eigenvalue weighted by molar-refractivity contribution is -0.353. The fourth-order valence-electron chi connectivity index (χ4n) is 2.72. The van der Waals surface area contributed by atoms with Gasteiger partial charge in [0.25, 0.3) is 0 Å². The van der Waals surface area contributed by atoms with Gasteiger partial charge in [0.2, 0.25) is 0 Å². The van der Waals surface area contributed by atoms with Crippen LogP contribution in [0.3, 0.4) is 0 Å². The minimum Gasteiger partial charge on any atom is -0.394 e. The van der Waals surface area contributed by atoms with E-state index >= 15 is 0 Å². The quantitative estimate of drug-likeness (QED) is 0.300. The second-order valence-electron chi connectivity index (χ2n) is 5.72. The van der Waals surface area contributed by atoms with Crippen molar-refractivity contribution in [3.8, 4) is 0 Å². The van der Waals surface area contributed by atoms with Gasteiger partial charge in [-0.25, -0.2) is 0 Å². The van der Waals surface area contributed by atoms with E-state index in [4.69, 9.17) is 24.1 Å². The van der Waals surface area contributed by atoms with Crippen molar-refractivity contribution in [2.75, 3.05) is 13.7 Å². The van der Waals surface area contributed by atoms with Crippen LogP contribution < -0.4 is 0 Å². The average molecular weight is 340 g/mol. The number of ether oxygens (including phenoxy) is 4. The summed E-state index contributed by atoms with van der Waals surface area (Å²) in [6, 6.07) is 0. The van der Waals surface area contributed by atoms with Crippen molar-refractivity contribution >= 4 is 0 Å². The minimum absolute atomic E-state index is 0.599. The van der Waals surface area contributed by atoms with E-state index in [-0.39, 0.29) is 0 Å². The van der Waals surface area contributed by atoms with Crippen LogP contribution in [0.4, 0.5) is 0 Å². The van der Waals surface area contributed by atoms with Gasteiger partial charge >= 0.3 is 0 Å². The molecule has 23 heavy (non-hydrogen) atoms. The number of hydrogen-bond donors (Lipinski definition) is 6. The van der Waals surface area contributed by atoms with Crippen LogP contribution in [-0.4, -0.2) is 106 Å². The van der Waals surface area contributed by atoms with Crippen molar-refractivity contribution in [2.24, 2.45) is 0 Å². The van der Waals surface area contributed by atoms with Gasteiger partial charge in [-0.15, -0.1) is 0 Å². The Kier molecular flexibility index (Phi) is 6.30. The topological polar surface area (TPSA) is 158 Å². The molecule has 136 valence electrons. The number of rotatable bonds is 4. The van der Waals surface area contributed by atoms with Crippen LogP contribution in [0, 0.1) is 0 Å². The summed E-state index contributed by atoms with van der Waals surface area (Å²) in [5, 5.41) is 58.5. The van der Waals surface area contributed by atoms with Crippen LogP contribution in [0.5, 0.6) is 0 Å². The molecule has 0 aromatic heterocycles. The van der Waals surface area contributed by atoms with E-state index in [1.165, 1.54) is 7.11 Å². The first-order chi connectivity index (χ1) is 10.8. The Bertz CT molecular complexity index is 380.